The number of rotatable bonds is 12. The molecule has 0 amide bonds. The van der Waals surface area contributed by atoms with Crippen LogP contribution in [-0.2, 0) is 16.1 Å². The Bertz CT molecular complexity index is 548. The van der Waals surface area contributed by atoms with Crippen molar-refractivity contribution in [1.29, 1.82) is 0 Å². The van der Waals surface area contributed by atoms with Crippen LogP contribution < -0.4 is 10.6 Å². The van der Waals surface area contributed by atoms with Crippen LogP contribution >= 0.6 is 0 Å². The van der Waals surface area contributed by atoms with E-state index in [4.69, 9.17) is 0 Å². The van der Waals surface area contributed by atoms with Gasteiger partial charge in [-0.25, -0.2) is 0 Å². The van der Waals surface area contributed by atoms with E-state index in [1.54, 1.807) is 7.05 Å². The van der Waals surface area contributed by atoms with Gasteiger partial charge in [0.2, 0.25) is 0 Å². The van der Waals surface area contributed by atoms with E-state index in [1.807, 2.05) is 0 Å². The van der Waals surface area contributed by atoms with Crippen LogP contribution in [0, 0.1) is 0 Å². The van der Waals surface area contributed by atoms with Gasteiger partial charge in [0, 0.05) is 39.1 Å². The van der Waals surface area contributed by atoms with E-state index in [9.17, 15) is 4.79 Å². The molecule has 0 aliphatic heterocycles. The zero-order valence-electron chi connectivity index (χ0n) is 17.3. The molecule has 0 heterocycles. The first kappa shape index (κ1) is 23.0. The van der Waals surface area contributed by atoms with Gasteiger partial charge in [0.1, 0.15) is 0 Å². The average molecular weight is 377 g/mol. The van der Waals surface area contributed by atoms with Crippen molar-refractivity contribution in [1.82, 2.24) is 15.5 Å². The molecule has 6 heteroatoms. The van der Waals surface area contributed by atoms with E-state index in [0.717, 1.165) is 51.3 Å². The molecule has 6 nitrogen and oxygen atoms in total. The summed E-state index contributed by atoms with van der Waals surface area (Å²) < 4.78 is 4.64. The molecular weight excluding hydrogens is 340 g/mol. The first-order valence-corrected chi connectivity index (χ1v) is 9.82. The fourth-order valence-electron chi connectivity index (χ4n) is 2.75. The van der Waals surface area contributed by atoms with Crippen molar-refractivity contribution in [2.75, 3.05) is 34.3 Å². The van der Waals surface area contributed by atoms with Crippen LogP contribution in [0.4, 0.5) is 0 Å². The molecule has 0 radical (unpaired) electrons. The molecule has 1 rings (SSSR count). The minimum absolute atomic E-state index is 0.133. The van der Waals surface area contributed by atoms with Gasteiger partial charge in [0.05, 0.1) is 7.11 Å². The zero-order chi connectivity index (χ0) is 19.9. The summed E-state index contributed by atoms with van der Waals surface area (Å²) in [6, 6.07) is 11.0. The molecule has 0 bridgehead atoms. The van der Waals surface area contributed by atoms with Gasteiger partial charge < -0.3 is 15.4 Å². The number of esters is 1. The quantitative estimate of drug-likeness (QED) is 0.254. The number of ether oxygens (including phenoxy) is 1. The number of aliphatic imine (C=N–C) groups is 1. The molecule has 0 saturated heterocycles. The lowest BCUT2D eigenvalue weighted by molar-refractivity contribution is -0.140. The average Bonchev–Trinajstić information content (AvgIpc) is 2.69. The smallest absolute Gasteiger partial charge is 0.305 e. The summed E-state index contributed by atoms with van der Waals surface area (Å²) in [7, 11) is 5.39. The summed E-state index contributed by atoms with van der Waals surface area (Å²) in [4.78, 5) is 17.7. The Morgan fingerprint density at radius 2 is 1.85 bits per heavy atom. The molecule has 152 valence electrons. The highest BCUT2D eigenvalue weighted by Gasteiger charge is 2.09. The molecular formula is C21H36N4O2. The number of hydrogen-bond donors (Lipinski definition) is 2. The van der Waals surface area contributed by atoms with Gasteiger partial charge in [-0.3, -0.25) is 14.7 Å². The summed E-state index contributed by atoms with van der Waals surface area (Å²) in [6.07, 6.45) is 4.42. The molecule has 0 aromatic heterocycles. The minimum Gasteiger partial charge on any atom is -0.469 e. The molecule has 0 fully saturated rings. The summed E-state index contributed by atoms with van der Waals surface area (Å²) in [5, 5.41) is 6.70. The van der Waals surface area contributed by atoms with Crippen molar-refractivity contribution in [2.24, 2.45) is 4.99 Å². The molecule has 0 aliphatic carbocycles. The van der Waals surface area contributed by atoms with Crippen molar-refractivity contribution >= 4 is 11.9 Å². The molecule has 2 N–H and O–H groups in total. The Morgan fingerprint density at radius 1 is 1.15 bits per heavy atom. The van der Waals surface area contributed by atoms with Crippen molar-refractivity contribution in [3.8, 4) is 0 Å². The van der Waals surface area contributed by atoms with E-state index in [-0.39, 0.29) is 5.97 Å². The van der Waals surface area contributed by atoms with Gasteiger partial charge in [-0.1, -0.05) is 36.8 Å². The molecule has 1 aromatic carbocycles. The molecule has 1 atom stereocenters. The van der Waals surface area contributed by atoms with Crippen LogP contribution in [0.1, 0.15) is 44.6 Å². The Hall–Kier alpha value is -2.08. The predicted molar refractivity (Wildman–Crippen MR) is 112 cm³/mol. The summed E-state index contributed by atoms with van der Waals surface area (Å²) in [6.45, 7) is 4.94. The number of guanidine groups is 1. The molecule has 1 aromatic rings. The maximum atomic E-state index is 11.1. The second-order valence-corrected chi connectivity index (χ2v) is 6.85. The van der Waals surface area contributed by atoms with Crippen LogP contribution in [0.3, 0.4) is 0 Å². The molecule has 0 spiro atoms. The standard InChI is InChI=1S/C21H36N4O2/c1-18(25(3)17-19-11-7-5-8-12-19)14-16-24-21(22-2)23-15-10-6-9-13-20(26)27-4/h5,7-8,11-12,18H,6,9-10,13-17H2,1-4H3,(H2,22,23,24). The lowest BCUT2D eigenvalue weighted by atomic mass is 10.1. The highest BCUT2D eigenvalue weighted by Crippen LogP contribution is 2.07. The van der Waals surface area contributed by atoms with Gasteiger partial charge in [0.15, 0.2) is 5.96 Å². The van der Waals surface area contributed by atoms with Crippen LogP contribution in [0.25, 0.3) is 0 Å². The van der Waals surface area contributed by atoms with E-state index in [1.165, 1.54) is 12.7 Å². The molecule has 0 saturated carbocycles. The number of unbranched alkanes of at least 4 members (excludes halogenated alkanes) is 2. The summed E-state index contributed by atoms with van der Waals surface area (Å²) in [5.41, 5.74) is 1.34. The molecule has 27 heavy (non-hydrogen) atoms. The van der Waals surface area contributed by atoms with Gasteiger partial charge in [-0.15, -0.1) is 0 Å². The highest BCUT2D eigenvalue weighted by atomic mass is 16.5. The predicted octanol–water partition coefficient (Wildman–Crippen LogP) is 2.80. The Kier molecular flexibility index (Phi) is 11.9. The Labute approximate surface area is 164 Å². The maximum absolute atomic E-state index is 11.1. The van der Waals surface area contributed by atoms with Crippen LogP contribution in [0.2, 0.25) is 0 Å². The first-order valence-electron chi connectivity index (χ1n) is 9.82. The van der Waals surface area contributed by atoms with E-state index >= 15 is 0 Å². The van der Waals surface area contributed by atoms with E-state index < -0.39 is 0 Å². The minimum atomic E-state index is -0.133. The normalized spacial score (nSPS) is 12.7. The van der Waals surface area contributed by atoms with Crippen molar-refractivity contribution in [3.63, 3.8) is 0 Å². The second-order valence-electron chi connectivity index (χ2n) is 6.85. The Morgan fingerprint density at radius 3 is 2.52 bits per heavy atom. The zero-order valence-corrected chi connectivity index (χ0v) is 17.3. The van der Waals surface area contributed by atoms with Gasteiger partial charge in [-0.05, 0) is 38.8 Å². The third-order valence-electron chi connectivity index (χ3n) is 4.68. The fourth-order valence-corrected chi connectivity index (χ4v) is 2.75. The van der Waals surface area contributed by atoms with E-state index in [0.29, 0.717) is 12.5 Å². The largest absolute Gasteiger partial charge is 0.469 e. The number of nitrogens with zero attached hydrogens (tertiary/aromatic N) is 2. The second kappa shape index (κ2) is 14.0. The van der Waals surface area contributed by atoms with Gasteiger partial charge in [-0.2, -0.15) is 0 Å². The topological polar surface area (TPSA) is 66.0 Å². The lowest BCUT2D eigenvalue weighted by Gasteiger charge is -2.25. The number of benzene rings is 1. The Balaban J connectivity index is 2.14. The maximum Gasteiger partial charge on any atom is 0.305 e. The number of hydrogen-bond acceptors (Lipinski definition) is 4. The highest BCUT2D eigenvalue weighted by molar-refractivity contribution is 5.79. The third kappa shape index (κ3) is 10.6. The van der Waals surface area contributed by atoms with Crippen molar-refractivity contribution in [2.45, 2.75) is 51.6 Å². The van der Waals surface area contributed by atoms with Crippen LogP contribution in [0.5, 0.6) is 0 Å². The summed E-state index contributed by atoms with van der Waals surface area (Å²) >= 11 is 0. The number of methoxy groups -OCH3 is 1. The summed E-state index contributed by atoms with van der Waals surface area (Å²) in [5.74, 6) is 0.702. The lowest BCUT2D eigenvalue weighted by Crippen LogP contribution is -2.40. The third-order valence-corrected chi connectivity index (χ3v) is 4.68. The molecule has 0 aliphatic rings. The first-order chi connectivity index (χ1) is 13.1. The van der Waals surface area contributed by atoms with Crippen LogP contribution in [-0.4, -0.2) is 57.2 Å². The SMILES string of the molecule is CN=C(NCCCCCC(=O)OC)NCCC(C)N(C)Cc1ccccc1. The monoisotopic (exact) mass is 376 g/mol. The molecule has 1 unspecified atom stereocenters. The number of nitrogens with one attached hydrogen (secondary N) is 2. The van der Waals surface area contributed by atoms with E-state index in [2.05, 4.69) is 69.6 Å². The van der Waals surface area contributed by atoms with Gasteiger partial charge in [0.25, 0.3) is 0 Å². The van der Waals surface area contributed by atoms with Crippen molar-refractivity contribution < 1.29 is 9.53 Å². The fraction of sp³-hybridized carbons (Fsp3) is 0.619. The van der Waals surface area contributed by atoms with Crippen molar-refractivity contribution in [3.05, 3.63) is 35.9 Å². The van der Waals surface area contributed by atoms with Gasteiger partial charge >= 0.3 is 5.97 Å². The number of carbonyl (C=O) groups excluding carboxylic acids is 1. The van der Waals surface area contributed by atoms with Crippen LogP contribution in [0.15, 0.2) is 35.3 Å². The number of carbonyl (C=O) groups is 1.